The standard InChI is InChI=1S/C11H11Cl2NOS/c1-5(2)10-11(15)14-8-3-6(12)7(13)4-9(8)16-10/h3-5,10H,1-2H3,(H,14,15). The quantitative estimate of drug-likeness (QED) is 0.838. The van der Waals surface area contributed by atoms with E-state index in [0.717, 1.165) is 10.6 Å². The molecular weight excluding hydrogens is 265 g/mol. The average molecular weight is 276 g/mol. The maximum Gasteiger partial charge on any atom is 0.238 e. The Labute approximate surface area is 109 Å². The van der Waals surface area contributed by atoms with E-state index in [1.54, 1.807) is 23.9 Å². The molecule has 1 N–H and O–H groups in total. The lowest BCUT2D eigenvalue weighted by Crippen LogP contribution is -2.32. The van der Waals surface area contributed by atoms with Crippen LogP contribution in [0.1, 0.15) is 13.8 Å². The summed E-state index contributed by atoms with van der Waals surface area (Å²) in [5.41, 5.74) is 0.751. The third-order valence-electron chi connectivity index (χ3n) is 2.40. The van der Waals surface area contributed by atoms with Crippen molar-refractivity contribution in [2.45, 2.75) is 24.0 Å². The van der Waals surface area contributed by atoms with Gasteiger partial charge in [0.1, 0.15) is 0 Å². The number of nitrogens with one attached hydrogen (secondary N) is 1. The number of hydrogen-bond donors (Lipinski definition) is 1. The molecule has 1 aliphatic rings. The van der Waals surface area contributed by atoms with Crippen LogP contribution in [-0.4, -0.2) is 11.2 Å². The number of carbonyl (C=O) groups excluding carboxylic acids is 1. The molecule has 5 heteroatoms. The second-order valence-corrected chi connectivity index (χ2v) is 6.03. The summed E-state index contributed by atoms with van der Waals surface area (Å²) in [5, 5.41) is 3.77. The van der Waals surface area contributed by atoms with Gasteiger partial charge < -0.3 is 5.32 Å². The number of carbonyl (C=O) groups is 1. The summed E-state index contributed by atoms with van der Waals surface area (Å²) in [7, 11) is 0. The van der Waals surface area contributed by atoms with Crippen LogP contribution in [0.2, 0.25) is 10.0 Å². The van der Waals surface area contributed by atoms with Gasteiger partial charge >= 0.3 is 0 Å². The van der Waals surface area contributed by atoms with Crippen molar-refractivity contribution in [3.63, 3.8) is 0 Å². The molecule has 86 valence electrons. The fraction of sp³-hybridized carbons (Fsp3) is 0.364. The molecule has 1 unspecified atom stereocenters. The van der Waals surface area contributed by atoms with E-state index >= 15 is 0 Å². The van der Waals surface area contributed by atoms with Gasteiger partial charge in [0.05, 0.1) is 21.0 Å². The molecule has 2 rings (SSSR count). The minimum atomic E-state index is -0.0651. The van der Waals surface area contributed by atoms with Crippen LogP contribution < -0.4 is 5.32 Å². The second kappa shape index (κ2) is 4.47. The van der Waals surface area contributed by atoms with E-state index in [1.807, 2.05) is 13.8 Å². The SMILES string of the molecule is CC(C)C1Sc2cc(Cl)c(Cl)cc2NC1=O. The van der Waals surface area contributed by atoms with E-state index in [0.29, 0.717) is 10.0 Å². The Bertz CT molecular complexity index is 448. The summed E-state index contributed by atoms with van der Waals surface area (Å²) >= 11 is 13.4. The number of thioether (sulfide) groups is 1. The van der Waals surface area contributed by atoms with Crippen molar-refractivity contribution in [1.82, 2.24) is 0 Å². The van der Waals surface area contributed by atoms with Gasteiger partial charge in [-0.3, -0.25) is 4.79 Å². The maximum absolute atomic E-state index is 11.8. The number of fused-ring (bicyclic) bond motifs is 1. The Morgan fingerprint density at radius 2 is 1.94 bits per heavy atom. The molecule has 0 aromatic heterocycles. The monoisotopic (exact) mass is 275 g/mol. The van der Waals surface area contributed by atoms with Crippen LogP contribution in [0.5, 0.6) is 0 Å². The topological polar surface area (TPSA) is 29.1 Å². The third kappa shape index (κ3) is 2.17. The Morgan fingerprint density at radius 3 is 2.56 bits per heavy atom. The van der Waals surface area contributed by atoms with Crippen molar-refractivity contribution in [2.75, 3.05) is 5.32 Å². The van der Waals surface area contributed by atoms with E-state index in [1.165, 1.54) is 0 Å². The molecule has 2 nitrogen and oxygen atoms in total. The molecule has 1 aromatic carbocycles. The zero-order chi connectivity index (χ0) is 11.9. The molecule has 1 heterocycles. The van der Waals surface area contributed by atoms with Crippen molar-refractivity contribution in [3.8, 4) is 0 Å². The molecule has 16 heavy (non-hydrogen) atoms. The van der Waals surface area contributed by atoms with E-state index in [2.05, 4.69) is 5.32 Å². The Morgan fingerprint density at radius 1 is 1.31 bits per heavy atom. The molecule has 0 radical (unpaired) electrons. The Hall–Kier alpha value is -0.380. The first-order valence-electron chi connectivity index (χ1n) is 4.95. The van der Waals surface area contributed by atoms with E-state index in [-0.39, 0.29) is 17.1 Å². The molecule has 1 amide bonds. The third-order valence-corrected chi connectivity index (χ3v) is 4.72. The molecule has 1 aromatic rings. The van der Waals surface area contributed by atoms with E-state index in [9.17, 15) is 4.79 Å². The van der Waals surface area contributed by atoms with Crippen molar-refractivity contribution in [2.24, 2.45) is 5.92 Å². The first-order valence-corrected chi connectivity index (χ1v) is 6.59. The number of benzene rings is 1. The van der Waals surface area contributed by atoms with Crippen LogP contribution in [0.4, 0.5) is 5.69 Å². The minimum Gasteiger partial charge on any atom is -0.324 e. The molecule has 1 aliphatic heterocycles. The first kappa shape index (κ1) is 12.1. The van der Waals surface area contributed by atoms with Crippen LogP contribution in [0.25, 0.3) is 0 Å². The lowest BCUT2D eigenvalue weighted by atomic mass is 10.1. The van der Waals surface area contributed by atoms with Gasteiger partial charge in [-0.05, 0) is 18.1 Å². The number of hydrogen-bond acceptors (Lipinski definition) is 2. The van der Waals surface area contributed by atoms with Gasteiger partial charge in [-0.15, -0.1) is 11.8 Å². The molecule has 0 saturated heterocycles. The maximum atomic E-state index is 11.8. The van der Waals surface area contributed by atoms with Crippen LogP contribution in [0, 0.1) is 5.92 Å². The number of anilines is 1. The Balaban J connectivity index is 2.39. The van der Waals surface area contributed by atoms with Crippen LogP contribution in [0.15, 0.2) is 17.0 Å². The van der Waals surface area contributed by atoms with E-state index in [4.69, 9.17) is 23.2 Å². The van der Waals surface area contributed by atoms with Crippen LogP contribution in [0.3, 0.4) is 0 Å². The number of amides is 1. The lowest BCUT2D eigenvalue weighted by molar-refractivity contribution is -0.116. The zero-order valence-corrected chi connectivity index (χ0v) is 11.2. The Kier molecular flexibility index (Phi) is 3.38. The highest BCUT2D eigenvalue weighted by molar-refractivity contribution is 8.01. The average Bonchev–Trinajstić information content (AvgIpc) is 2.19. The van der Waals surface area contributed by atoms with Crippen molar-refractivity contribution in [3.05, 3.63) is 22.2 Å². The fourth-order valence-electron chi connectivity index (χ4n) is 1.56. The highest BCUT2D eigenvalue weighted by Crippen LogP contribution is 2.42. The van der Waals surface area contributed by atoms with Crippen molar-refractivity contribution in [1.29, 1.82) is 0 Å². The number of rotatable bonds is 1. The van der Waals surface area contributed by atoms with Crippen molar-refractivity contribution >= 4 is 46.6 Å². The first-order chi connectivity index (χ1) is 7.49. The zero-order valence-electron chi connectivity index (χ0n) is 8.88. The predicted octanol–water partition coefficient (Wildman–Crippen LogP) is 4.06. The normalized spacial score (nSPS) is 19.6. The molecule has 0 spiro atoms. The summed E-state index contributed by atoms with van der Waals surface area (Å²) in [5.74, 6) is 0.318. The summed E-state index contributed by atoms with van der Waals surface area (Å²) in [6.45, 7) is 4.06. The smallest absolute Gasteiger partial charge is 0.238 e. The minimum absolute atomic E-state index is 0.0332. The molecule has 0 bridgehead atoms. The summed E-state index contributed by atoms with van der Waals surface area (Å²) in [6, 6.07) is 3.50. The highest BCUT2D eigenvalue weighted by Gasteiger charge is 2.29. The summed E-state index contributed by atoms with van der Waals surface area (Å²) in [6.07, 6.45) is 0. The summed E-state index contributed by atoms with van der Waals surface area (Å²) in [4.78, 5) is 12.8. The highest BCUT2D eigenvalue weighted by atomic mass is 35.5. The number of halogens is 2. The van der Waals surface area contributed by atoms with Gasteiger partial charge in [0.15, 0.2) is 0 Å². The van der Waals surface area contributed by atoms with Gasteiger partial charge in [-0.1, -0.05) is 37.0 Å². The fourth-order valence-corrected chi connectivity index (χ4v) is 3.08. The molecular formula is C11H11Cl2NOS. The van der Waals surface area contributed by atoms with Gasteiger partial charge in [-0.25, -0.2) is 0 Å². The van der Waals surface area contributed by atoms with Crippen LogP contribution >= 0.6 is 35.0 Å². The van der Waals surface area contributed by atoms with E-state index < -0.39 is 0 Å². The van der Waals surface area contributed by atoms with Gasteiger partial charge in [-0.2, -0.15) is 0 Å². The molecule has 1 atom stereocenters. The lowest BCUT2D eigenvalue weighted by Gasteiger charge is -2.26. The second-order valence-electron chi connectivity index (χ2n) is 4.03. The molecule has 0 saturated carbocycles. The van der Waals surface area contributed by atoms with Crippen LogP contribution in [-0.2, 0) is 4.79 Å². The van der Waals surface area contributed by atoms with Gasteiger partial charge in [0.25, 0.3) is 0 Å². The molecule has 0 aliphatic carbocycles. The predicted molar refractivity (Wildman–Crippen MR) is 69.6 cm³/mol. The summed E-state index contributed by atoms with van der Waals surface area (Å²) < 4.78 is 0. The largest absolute Gasteiger partial charge is 0.324 e. The van der Waals surface area contributed by atoms with Gasteiger partial charge in [0.2, 0.25) is 5.91 Å². The van der Waals surface area contributed by atoms with Gasteiger partial charge in [0, 0.05) is 4.90 Å². The molecule has 0 fully saturated rings. The van der Waals surface area contributed by atoms with Crippen molar-refractivity contribution < 1.29 is 4.79 Å².